The molecule has 5 aromatic heterocycles. The molecule has 7 amide bonds. The second-order valence-electron chi connectivity index (χ2n) is 33.6. The lowest BCUT2D eigenvalue weighted by Crippen LogP contribution is -2.49. The first kappa shape index (κ1) is 90.5. The average Bonchev–Trinajstić information content (AvgIpc) is 1.65. The van der Waals surface area contributed by atoms with Crippen LogP contribution in [-0.4, -0.2) is 258 Å². The summed E-state index contributed by atoms with van der Waals surface area (Å²) < 4.78 is 3.57. The van der Waals surface area contributed by atoms with Crippen molar-refractivity contribution in [2.45, 2.75) is 103 Å². The largest absolute Gasteiger partial charge is 0.368 e. The van der Waals surface area contributed by atoms with Gasteiger partial charge in [-0.3, -0.25) is 47.9 Å². The van der Waals surface area contributed by atoms with Crippen LogP contribution in [0.4, 0.5) is 5.69 Å². The molecule has 0 saturated heterocycles. The minimum absolute atomic E-state index is 0.0865. The molecule has 1 atom stereocenters. The van der Waals surface area contributed by atoms with E-state index in [-0.39, 0.29) is 49.0 Å². The zero-order valence-corrected chi connectivity index (χ0v) is 73.9. The van der Waals surface area contributed by atoms with Crippen molar-refractivity contribution >= 4 is 85.8 Å². The summed E-state index contributed by atoms with van der Waals surface area (Å²) >= 11 is 0. The Morgan fingerprint density at radius 2 is 0.812 bits per heavy atom. The predicted molar refractivity (Wildman–Crippen MR) is 499 cm³/mol. The van der Waals surface area contributed by atoms with Gasteiger partial charge in [0.25, 0.3) is 23.6 Å². The predicted octanol–water partition coefficient (Wildman–Crippen LogP) is 10.9. The van der Waals surface area contributed by atoms with Crippen LogP contribution in [0.25, 0.3) is 89.5 Å². The van der Waals surface area contributed by atoms with Crippen LogP contribution in [0, 0.1) is 0 Å². The number of hydrogen-bond acceptors (Lipinski definition) is 19. The van der Waals surface area contributed by atoms with Gasteiger partial charge in [0.1, 0.15) is 23.5 Å². The Kier molecular flexibility index (Phi) is 30.7. The van der Waals surface area contributed by atoms with E-state index in [1.807, 2.05) is 177 Å². The molecular weight excluding hydrogens is 1610 g/mol. The molecule has 664 valence electrons. The van der Waals surface area contributed by atoms with Crippen LogP contribution in [0.1, 0.15) is 129 Å². The molecule has 128 heavy (non-hydrogen) atoms. The number of aliphatic imine (C=N–C) groups is 1. The van der Waals surface area contributed by atoms with Crippen molar-refractivity contribution in [2.24, 2.45) is 10.7 Å². The van der Waals surface area contributed by atoms with Gasteiger partial charge >= 0.3 is 0 Å². The van der Waals surface area contributed by atoms with E-state index < -0.39 is 17.9 Å². The number of aromatic amines is 3. The normalized spacial score (nSPS) is 12.2. The van der Waals surface area contributed by atoms with Crippen LogP contribution in [0.15, 0.2) is 187 Å². The van der Waals surface area contributed by atoms with Crippen LogP contribution < -0.4 is 32.3 Å². The van der Waals surface area contributed by atoms with Gasteiger partial charge in [0.05, 0.1) is 62.4 Å². The highest BCUT2D eigenvalue weighted by atomic mass is 16.2. The van der Waals surface area contributed by atoms with Crippen LogP contribution >= 0.6 is 0 Å². The Labute approximate surface area is 744 Å². The fourth-order valence-corrected chi connectivity index (χ4v) is 15.6. The van der Waals surface area contributed by atoms with E-state index in [0.717, 1.165) is 189 Å². The molecule has 31 heteroatoms. The zero-order valence-electron chi connectivity index (χ0n) is 73.9. The number of fused-ring (bicyclic) bond motifs is 4. The second kappa shape index (κ2) is 43.4. The topological polar surface area (TPSA) is 382 Å². The number of carbonyl (C=O) groups is 7. The number of imidazole rings is 3. The standard InChI is InChI=1S/C97H114N24O7/c1-64(103-89(123)18-9-8-12-50-120-61-78(111-113-120)16-10-13-47-117(6)54-45-101-96(127)72-33-25-68(26-34-72)92-107-82-42-39-76(59-87(82)110-92)75-38-41-81-86(58-75)109-91(106-81)66-21-29-70(30-22-66)94(125)100-44-53-116(4)5)97(128)119(63-88(98)122)49-15-51-121-62-79(112-114-121)17-11-14-48-118(7)55-46-102-95(126)71-31-23-67(24-32-71)90-105-80-40-37-74(57-85(80)108-90)73-35-36-77-60-83(104-84(77)56-73)65-19-27-69(28-20-65)93(124)99-43-52-115(2)3/h19-42,56-59,61-62,64H,8-18,43-55,60,63H2,1-7H3,(H2,98,122)(H,99,124)(H,100,125)(H,101,127)(H,102,126)(H,103,123)(H,105,108)(H,106,109)(H,107,110)/t64-/m0/s1. The number of nitrogens with zero attached hydrogens (tertiary/aromatic N) is 15. The molecule has 1 aliphatic heterocycles. The van der Waals surface area contributed by atoms with Crippen LogP contribution in [0.5, 0.6) is 0 Å². The number of amides is 7. The zero-order chi connectivity index (χ0) is 89.6. The lowest BCUT2D eigenvalue weighted by Gasteiger charge is -2.25. The SMILES string of the molecule is C[C@H](NC(=O)CCCCCn1cc(CCCCN(C)CCNC(=O)c2ccc(-c3nc4cc(-c5ccc6[nH]c(-c7ccc(C(=O)NCCN(C)C)cc7)nc6c5)ccc4[nH]3)cc2)nn1)C(=O)N(CCCn1cc(CCCCN(C)CCNC(=O)c2ccc(-c3nc4cc(-c5ccc6c(c5)N=C(c5ccc(C(=O)NCCN(C)C)cc5)C6)ccc4[nH]3)cc2)nn1)CC(N)=O. The summed E-state index contributed by atoms with van der Waals surface area (Å²) in [6, 6.07) is 54.0. The molecule has 0 radical (unpaired) electrons. The Hall–Kier alpha value is -13.8. The maximum Gasteiger partial charge on any atom is 0.251 e. The van der Waals surface area contributed by atoms with Crippen molar-refractivity contribution in [3.05, 3.63) is 227 Å². The Bertz CT molecular complexity index is 6040. The number of nitrogens with two attached hydrogens (primary N) is 1. The first-order chi connectivity index (χ1) is 62.0. The van der Waals surface area contributed by atoms with E-state index in [9.17, 15) is 33.6 Å². The van der Waals surface area contributed by atoms with Gasteiger partial charge in [-0.25, -0.2) is 15.0 Å². The smallest absolute Gasteiger partial charge is 0.251 e. The molecule has 10 N–H and O–H groups in total. The molecule has 6 heterocycles. The monoisotopic (exact) mass is 1730 g/mol. The number of nitrogens with one attached hydrogen (secondary N) is 8. The maximum atomic E-state index is 13.6. The van der Waals surface area contributed by atoms with Gasteiger partial charge in [0.15, 0.2) is 0 Å². The van der Waals surface area contributed by atoms with Crippen molar-refractivity contribution in [3.8, 4) is 56.4 Å². The molecule has 0 spiro atoms. The van der Waals surface area contributed by atoms with Crippen molar-refractivity contribution < 1.29 is 33.6 Å². The molecular formula is C97H114N24O7. The lowest BCUT2D eigenvalue weighted by molar-refractivity contribution is -0.138. The van der Waals surface area contributed by atoms with Crippen LogP contribution in [0.3, 0.4) is 0 Å². The number of rotatable bonds is 46. The summed E-state index contributed by atoms with van der Waals surface area (Å²) in [6.45, 7) is 9.48. The average molecular weight is 1730 g/mol. The molecule has 8 aromatic carbocycles. The molecule has 0 fully saturated rings. The van der Waals surface area contributed by atoms with Gasteiger partial charge in [0, 0.05) is 136 Å². The number of hydrogen-bond donors (Lipinski definition) is 9. The Morgan fingerprint density at radius 3 is 1.23 bits per heavy atom. The molecule has 1 aliphatic rings. The summed E-state index contributed by atoms with van der Waals surface area (Å²) in [7, 11) is 12.0. The summed E-state index contributed by atoms with van der Waals surface area (Å²) in [5, 5.41) is 32.2. The van der Waals surface area contributed by atoms with Crippen LogP contribution in [0.2, 0.25) is 0 Å². The first-order valence-corrected chi connectivity index (χ1v) is 44.1. The number of H-pyrrole nitrogens is 3. The van der Waals surface area contributed by atoms with E-state index >= 15 is 0 Å². The number of primary amides is 1. The van der Waals surface area contributed by atoms with Gasteiger partial charge in [-0.2, -0.15) is 0 Å². The van der Waals surface area contributed by atoms with E-state index in [1.54, 1.807) is 11.6 Å². The highest BCUT2D eigenvalue weighted by Crippen LogP contribution is 2.36. The number of likely N-dealkylation sites (N-methyl/N-ethyl adjacent to an activating group) is 4. The van der Waals surface area contributed by atoms with Gasteiger partial charge in [0.2, 0.25) is 17.7 Å². The van der Waals surface area contributed by atoms with Crippen molar-refractivity contribution in [1.82, 2.24) is 111 Å². The fraction of sp³-hybridized carbons (Fsp3) is 0.351. The summed E-state index contributed by atoms with van der Waals surface area (Å²) in [5.74, 6) is 0.371. The van der Waals surface area contributed by atoms with E-state index in [2.05, 4.69) is 134 Å². The number of unbranched alkanes of at least 4 members (excludes halogenated alkanes) is 4. The third-order valence-corrected chi connectivity index (χ3v) is 22.9. The maximum absolute atomic E-state index is 13.6. The third-order valence-electron chi connectivity index (χ3n) is 22.9. The minimum Gasteiger partial charge on any atom is -0.368 e. The molecule has 0 aliphatic carbocycles. The van der Waals surface area contributed by atoms with Gasteiger partial charge < -0.3 is 71.8 Å². The molecule has 0 unspecified atom stereocenters. The summed E-state index contributed by atoms with van der Waals surface area (Å²) in [4.78, 5) is 130. The number of benzene rings is 8. The van der Waals surface area contributed by atoms with Crippen molar-refractivity contribution in [2.75, 3.05) is 121 Å². The number of aromatic nitrogens is 12. The Morgan fingerprint density at radius 1 is 0.422 bits per heavy atom. The highest BCUT2D eigenvalue weighted by molar-refractivity contribution is 6.08. The van der Waals surface area contributed by atoms with E-state index in [4.69, 9.17) is 25.7 Å². The van der Waals surface area contributed by atoms with Gasteiger partial charge in [-0.15, -0.1) is 10.2 Å². The quantitative estimate of drug-likeness (QED) is 0.0160. The second-order valence-corrected chi connectivity index (χ2v) is 33.6. The molecule has 31 nitrogen and oxygen atoms in total. The van der Waals surface area contributed by atoms with E-state index in [0.29, 0.717) is 106 Å². The molecule has 13 aromatic rings. The summed E-state index contributed by atoms with van der Waals surface area (Å²) in [5.41, 5.74) is 25.6. The highest BCUT2D eigenvalue weighted by Gasteiger charge is 2.25. The third kappa shape index (κ3) is 24.9. The lowest BCUT2D eigenvalue weighted by atomic mass is 9.99. The summed E-state index contributed by atoms with van der Waals surface area (Å²) in [6.07, 6.45) is 12.8. The fourth-order valence-electron chi connectivity index (χ4n) is 15.6. The van der Waals surface area contributed by atoms with Crippen molar-refractivity contribution in [1.29, 1.82) is 0 Å². The number of carbonyl (C=O) groups excluding carboxylic acids is 7. The van der Waals surface area contributed by atoms with Gasteiger partial charge in [-0.05, 0) is 244 Å². The molecule has 0 bridgehead atoms. The van der Waals surface area contributed by atoms with Crippen molar-refractivity contribution in [3.63, 3.8) is 0 Å². The molecule has 0 saturated carbocycles. The molecule has 14 rings (SSSR count). The van der Waals surface area contributed by atoms with E-state index in [1.165, 1.54) is 4.90 Å². The number of aryl methyl sites for hydroxylation is 4. The van der Waals surface area contributed by atoms with Crippen LogP contribution in [-0.2, 0) is 46.7 Å². The van der Waals surface area contributed by atoms with Gasteiger partial charge in [-0.1, -0.05) is 95.7 Å². The first-order valence-electron chi connectivity index (χ1n) is 44.1. The minimum atomic E-state index is -0.853. The Balaban J connectivity index is 0.421.